The summed E-state index contributed by atoms with van der Waals surface area (Å²) in [5.74, 6) is -0.886. The van der Waals surface area contributed by atoms with Gasteiger partial charge in [0.2, 0.25) is 0 Å². The number of carboxylic acids is 1. The van der Waals surface area contributed by atoms with Crippen molar-refractivity contribution >= 4 is 22.8 Å². The third-order valence-electron chi connectivity index (χ3n) is 3.22. The van der Waals surface area contributed by atoms with E-state index in [1.165, 1.54) is 0 Å². The molecule has 2 rings (SSSR count). The Morgan fingerprint density at radius 2 is 2.00 bits per heavy atom. The molecule has 1 aromatic heterocycles. The number of carbonyl (C=O) groups excluding carboxylic acids is 1. The first-order valence-corrected chi connectivity index (χ1v) is 7.01. The largest absolute Gasteiger partial charge is 0.481 e. The topological polar surface area (TPSA) is 79.3 Å². The molecule has 2 N–H and O–H groups in total. The van der Waals surface area contributed by atoms with Crippen LogP contribution in [0, 0.1) is 0 Å². The van der Waals surface area contributed by atoms with Crippen molar-refractivity contribution in [2.45, 2.75) is 25.7 Å². The standard InChI is InChI=1S/C16H18N2O3/c19-15(20)6-2-1-3-9-18-16(21)13-7-8-14-12(11-13)5-4-10-17-14/h4-5,7-8,10-11H,1-3,6,9H2,(H,18,21)(H,19,20). The molecule has 0 aliphatic heterocycles. The minimum atomic E-state index is -0.774. The fraction of sp³-hybridized carbons (Fsp3) is 0.312. The van der Waals surface area contributed by atoms with Crippen LogP contribution in [-0.4, -0.2) is 28.5 Å². The molecule has 1 amide bonds. The molecular formula is C16H18N2O3. The zero-order chi connectivity index (χ0) is 15.1. The number of aliphatic carboxylic acids is 1. The summed E-state index contributed by atoms with van der Waals surface area (Å²) in [6.45, 7) is 0.559. The summed E-state index contributed by atoms with van der Waals surface area (Å²) >= 11 is 0. The predicted molar refractivity (Wildman–Crippen MR) is 80.2 cm³/mol. The van der Waals surface area contributed by atoms with Crippen molar-refractivity contribution in [2.24, 2.45) is 0 Å². The van der Waals surface area contributed by atoms with Crippen LogP contribution in [0.25, 0.3) is 10.9 Å². The molecule has 0 unspecified atom stereocenters. The van der Waals surface area contributed by atoms with E-state index in [4.69, 9.17) is 5.11 Å². The number of pyridine rings is 1. The molecule has 0 saturated carbocycles. The third kappa shape index (κ3) is 4.56. The molecule has 0 fully saturated rings. The zero-order valence-electron chi connectivity index (χ0n) is 11.7. The molecule has 0 atom stereocenters. The van der Waals surface area contributed by atoms with E-state index in [0.29, 0.717) is 18.5 Å². The minimum absolute atomic E-state index is 0.112. The first-order valence-electron chi connectivity index (χ1n) is 7.01. The molecule has 0 spiro atoms. The Labute approximate surface area is 123 Å². The number of unbranched alkanes of at least 4 members (excludes halogenated alkanes) is 2. The second kappa shape index (κ2) is 7.38. The number of carbonyl (C=O) groups is 2. The predicted octanol–water partition coefficient (Wildman–Crippen LogP) is 2.61. The Hall–Kier alpha value is -2.43. The monoisotopic (exact) mass is 286 g/mol. The number of nitrogens with zero attached hydrogens (tertiary/aromatic N) is 1. The molecule has 5 nitrogen and oxygen atoms in total. The van der Waals surface area contributed by atoms with Crippen molar-refractivity contribution < 1.29 is 14.7 Å². The summed E-state index contributed by atoms with van der Waals surface area (Å²) in [5.41, 5.74) is 1.48. The van der Waals surface area contributed by atoms with Gasteiger partial charge in [-0.15, -0.1) is 0 Å². The first kappa shape index (κ1) is 15.0. The van der Waals surface area contributed by atoms with Gasteiger partial charge in [-0.25, -0.2) is 0 Å². The maximum absolute atomic E-state index is 12.0. The molecule has 0 radical (unpaired) electrons. The van der Waals surface area contributed by atoms with Gasteiger partial charge in [-0.3, -0.25) is 14.6 Å². The Bertz CT molecular complexity index is 640. The van der Waals surface area contributed by atoms with Gasteiger partial charge in [0, 0.05) is 30.1 Å². The van der Waals surface area contributed by atoms with E-state index in [1.54, 1.807) is 12.3 Å². The molecule has 110 valence electrons. The van der Waals surface area contributed by atoms with Crippen LogP contribution in [0.1, 0.15) is 36.0 Å². The highest BCUT2D eigenvalue weighted by molar-refractivity contribution is 5.97. The average Bonchev–Trinajstić information content (AvgIpc) is 2.49. The fourth-order valence-electron chi connectivity index (χ4n) is 2.10. The Morgan fingerprint density at radius 1 is 1.14 bits per heavy atom. The van der Waals surface area contributed by atoms with Crippen LogP contribution < -0.4 is 5.32 Å². The number of fused-ring (bicyclic) bond motifs is 1. The number of hydrogen-bond donors (Lipinski definition) is 2. The molecule has 1 aromatic carbocycles. The summed E-state index contributed by atoms with van der Waals surface area (Å²) in [4.78, 5) is 26.6. The minimum Gasteiger partial charge on any atom is -0.481 e. The maximum Gasteiger partial charge on any atom is 0.303 e. The van der Waals surface area contributed by atoms with Crippen LogP contribution in [0.3, 0.4) is 0 Å². The molecule has 1 heterocycles. The third-order valence-corrected chi connectivity index (χ3v) is 3.22. The van der Waals surface area contributed by atoms with Crippen molar-refractivity contribution in [2.75, 3.05) is 6.54 Å². The normalized spacial score (nSPS) is 10.5. The lowest BCUT2D eigenvalue weighted by molar-refractivity contribution is -0.137. The number of rotatable bonds is 7. The van der Waals surface area contributed by atoms with Crippen LogP contribution in [0.4, 0.5) is 0 Å². The van der Waals surface area contributed by atoms with E-state index >= 15 is 0 Å². The van der Waals surface area contributed by atoms with Gasteiger partial charge in [-0.1, -0.05) is 12.5 Å². The quantitative estimate of drug-likeness (QED) is 0.767. The van der Waals surface area contributed by atoms with Gasteiger partial charge in [0.05, 0.1) is 5.52 Å². The lowest BCUT2D eigenvalue weighted by atomic mass is 10.1. The van der Waals surface area contributed by atoms with E-state index in [2.05, 4.69) is 10.3 Å². The molecule has 21 heavy (non-hydrogen) atoms. The lowest BCUT2D eigenvalue weighted by Crippen LogP contribution is -2.24. The summed E-state index contributed by atoms with van der Waals surface area (Å²) in [6, 6.07) is 9.17. The van der Waals surface area contributed by atoms with Crippen LogP contribution in [-0.2, 0) is 4.79 Å². The van der Waals surface area contributed by atoms with Gasteiger partial charge in [-0.05, 0) is 37.1 Å². The summed E-state index contributed by atoms with van der Waals surface area (Å²) in [5, 5.41) is 12.3. The van der Waals surface area contributed by atoms with Gasteiger partial charge in [0.25, 0.3) is 5.91 Å². The highest BCUT2D eigenvalue weighted by Crippen LogP contribution is 2.13. The Morgan fingerprint density at radius 3 is 2.81 bits per heavy atom. The van der Waals surface area contributed by atoms with Gasteiger partial charge < -0.3 is 10.4 Å². The van der Waals surface area contributed by atoms with E-state index < -0.39 is 5.97 Å². The Kier molecular flexibility index (Phi) is 5.26. The van der Waals surface area contributed by atoms with Gasteiger partial charge >= 0.3 is 5.97 Å². The van der Waals surface area contributed by atoms with Crippen LogP contribution in [0.5, 0.6) is 0 Å². The van der Waals surface area contributed by atoms with Crippen molar-refractivity contribution in [3.63, 3.8) is 0 Å². The van der Waals surface area contributed by atoms with Gasteiger partial charge in [-0.2, -0.15) is 0 Å². The SMILES string of the molecule is O=C(O)CCCCCNC(=O)c1ccc2ncccc2c1. The van der Waals surface area contributed by atoms with Crippen LogP contribution >= 0.6 is 0 Å². The van der Waals surface area contributed by atoms with E-state index in [9.17, 15) is 9.59 Å². The smallest absolute Gasteiger partial charge is 0.303 e. The number of benzene rings is 1. The van der Waals surface area contributed by atoms with Gasteiger partial charge in [0.1, 0.15) is 0 Å². The first-order chi connectivity index (χ1) is 10.2. The fourth-order valence-corrected chi connectivity index (χ4v) is 2.10. The van der Waals surface area contributed by atoms with E-state index in [0.717, 1.165) is 23.7 Å². The number of aromatic nitrogens is 1. The summed E-state index contributed by atoms with van der Waals surface area (Å²) in [6.07, 6.45) is 4.14. The second-order valence-electron chi connectivity index (χ2n) is 4.87. The van der Waals surface area contributed by atoms with Crippen LogP contribution in [0.2, 0.25) is 0 Å². The Balaban J connectivity index is 1.80. The molecule has 0 saturated heterocycles. The van der Waals surface area contributed by atoms with Crippen LogP contribution in [0.15, 0.2) is 36.5 Å². The van der Waals surface area contributed by atoms with Crippen molar-refractivity contribution in [3.8, 4) is 0 Å². The molecular weight excluding hydrogens is 268 g/mol. The van der Waals surface area contributed by atoms with Crippen molar-refractivity contribution in [3.05, 3.63) is 42.1 Å². The summed E-state index contributed by atoms with van der Waals surface area (Å²) < 4.78 is 0. The van der Waals surface area contributed by atoms with E-state index in [1.807, 2.05) is 24.3 Å². The van der Waals surface area contributed by atoms with Gasteiger partial charge in [0.15, 0.2) is 0 Å². The molecule has 0 bridgehead atoms. The highest BCUT2D eigenvalue weighted by atomic mass is 16.4. The molecule has 0 aliphatic carbocycles. The number of nitrogens with one attached hydrogen (secondary N) is 1. The zero-order valence-corrected chi connectivity index (χ0v) is 11.7. The lowest BCUT2D eigenvalue weighted by Gasteiger charge is -2.06. The number of hydrogen-bond acceptors (Lipinski definition) is 3. The highest BCUT2D eigenvalue weighted by Gasteiger charge is 2.06. The number of amides is 1. The number of carboxylic acid groups (broad SMARTS) is 1. The van der Waals surface area contributed by atoms with Crippen molar-refractivity contribution in [1.29, 1.82) is 0 Å². The maximum atomic E-state index is 12.0. The second-order valence-corrected chi connectivity index (χ2v) is 4.87. The average molecular weight is 286 g/mol. The molecule has 5 heteroatoms. The van der Waals surface area contributed by atoms with Crippen molar-refractivity contribution in [1.82, 2.24) is 10.3 Å². The molecule has 2 aromatic rings. The summed E-state index contributed by atoms with van der Waals surface area (Å²) in [7, 11) is 0. The molecule has 0 aliphatic rings. The van der Waals surface area contributed by atoms with E-state index in [-0.39, 0.29) is 12.3 Å².